The van der Waals surface area contributed by atoms with Gasteiger partial charge in [-0.15, -0.1) is 6.42 Å². The van der Waals surface area contributed by atoms with Crippen LogP contribution in [0.25, 0.3) is 21.5 Å². The fourth-order valence-electron chi connectivity index (χ4n) is 2.47. The average Bonchev–Trinajstić information content (AvgIpc) is 2.44. The van der Waals surface area contributed by atoms with E-state index in [1.165, 1.54) is 10.8 Å². The molecule has 0 spiro atoms. The summed E-state index contributed by atoms with van der Waals surface area (Å²) in [6.45, 7) is 0. The second kappa shape index (κ2) is 4.18. The van der Waals surface area contributed by atoms with E-state index in [0.29, 0.717) is 0 Å². The molecular weight excluding hydrogens is 218 g/mol. The first-order chi connectivity index (χ1) is 8.81. The summed E-state index contributed by atoms with van der Waals surface area (Å²) in [6, 6.07) is 18.2. The quantitative estimate of drug-likeness (QED) is 0.502. The molecule has 0 aliphatic rings. The molecule has 0 heterocycles. The van der Waals surface area contributed by atoms with Crippen LogP contribution in [0.3, 0.4) is 0 Å². The third kappa shape index (κ3) is 1.55. The third-order valence-corrected chi connectivity index (χ3v) is 3.30. The zero-order valence-corrected chi connectivity index (χ0v) is 9.93. The van der Waals surface area contributed by atoms with E-state index in [9.17, 15) is 0 Å². The highest BCUT2D eigenvalue weighted by Gasteiger charge is 2.11. The first kappa shape index (κ1) is 10.8. The predicted octanol–water partition coefficient (Wildman–Crippen LogP) is 3.63. The van der Waals surface area contributed by atoms with Gasteiger partial charge in [0.25, 0.3) is 0 Å². The van der Waals surface area contributed by atoms with E-state index in [0.717, 1.165) is 16.3 Å². The second-order valence-electron chi connectivity index (χ2n) is 4.38. The first-order valence-corrected chi connectivity index (χ1v) is 5.93. The Labute approximate surface area is 106 Å². The van der Waals surface area contributed by atoms with Crippen LogP contribution in [-0.2, 0) is 0 Å². The summed E-state index contributed by atoms with van der Waals surface area (Å²) in [5.41, 5.74) is 7.14. The topological polar surface area (TPSA) is 26.0 Å². The van der Waals surface area contributed by atoms with Crippen LogP contribution in [0.4, 0.5) is 0 Å². The molecule has 1 heteroatoms. The summed E-state index contributed by atoms with van der Waals surface area (Å²) >= 11 is 0. The Morgan fingerprint density at radius 2 is 1.39 bits per heavy atom. The number of terminal acetylenes is 1. The van der Waals surface area contributed by atoms with Gasteiger partial charge in [0.05, 0.1) is 6.04 Å². The molecule has 0 amide bonds. The van der Waals surface area contributed by atoms with Gasteiger partial charge in [-0.3, -0.25) is 0 Å². The summed E-state index contributed by atoms with van der Waals surface area (Å²) in [7, 11) is 0. The van der Waals surface area contributed by atoms with Gasteiger partial charge in [-0.25, -0.2) is 0 Å². The SMILES string of the molecule is C#CC(N)c1c2ccccc2cc2ccccc12. The van der Waals surface area contributed by atoms with Gasteiger partial charge in [-0.05, 0) is 33.2 Å². The Balaban J connectivity index is 2.54. The molecule has 0 bridgehead atoms. The molecule has 0 aliphatic carbocycles. The van der Waals surface area contributed by atoms with Crippen LogP contribution in [0.15, 0.2) is 54.6 Å². The van der Waals surface area contributed by atoms with E-state index in [2.05, 4.69) is 36.3 Å². The van der Waals surface area contributed by atoms with Crippen molar-refractivity contribution in [3.8, 4) is 12.3 Å². The number of fused-ring (bicyclic) bond motifs is 2. The number of nitrogens with two attached hydrogens (primary N) is 1. The maximum atomic E-state index is 6.09. The summed E-state index contributed by atoms with van der Waals surface area (Å²) in [5, 5.41) is 4.64. The van der Waals surface area contributed by atoms with Crippen LogP contribution in [0.2, 0.25) is 0 Å². The molecule has 0 saturated heterocycles. The predicted molar refractivity (Wildman–Crippen MR) is 77.2 cm³/mol. The first-order valence-electron chi connectivity index (χ1n) is 5.93. The molecule has 0 fully saturated rings. The van der Waals surface area contributed by atoms with Crippen molar-refractivity contribution in [2.45, 2.75) is 6.04 Å². The van der Waals surface area contributed by atoms with Gasteiger partial charge < -0.3 is 5.73 Å². The molecular formula is C17H13N. The molecule has 18 heavy (non-hydrogen) atoms. The molecule has 3 rings (SSSR count). The van der Waals surface area contributed by atoms with Crippen LogP contribution in [0, 0.1) is 12.3 Å². The summed E-state index contributed by atoms with van der Waals surface area (Å²) in [5.74, 6) is 2.64. The highest BCUT2D eigenvalue weighted by molar-refractivity contribution is 6.02. The van der Waals surface area contributed by atoms with Crippen molar-refractivity contribution in [3.05, 3.63) is 60.2 Å². The molecule has 0 saturated carbocycles. The van der Waals surface area contributed by atoms with Gasteiger partial charge in [0.15, 0.2) is 0 Å². The van der Waals surface area contributed by atoms with Gasteiger partial charge in [-0.2, -0.15) is 0 Å². The lowest BCUT2D eigenvalue weighted by molar-refractivity contribution is 0.969. The molecule has 1 unspecified atom stereocenters. The van der Waals surface area contributed by atoms with E-state index < -0.39 is 0 Å². The maximum Gasteiger partial charge on any atom is 0.0930 e. The molecule has 2 N–H and O–H groups in total. The standard InChI is InChI=1S/C17H13N/c1-2-16(18)17-14-9-5-3-7-12(14)11-13-8-4-6-10-15(13)17/h1,3-11,16H,18H2. The van der Waals surface area contributed by atoms with Crippen LogP contribution >= 0.6 is 0 Å². The summed E-state index contributed by atoms with van der Waals surface area (Å²) in [6.07, 6.45) is 5.51. The zero-order chi connectivity index (χ0) is 12.5. The van der Waals surface area contributed by atoms with E-state index in [1.807, 2.05) is 24.3 Å². The minimum absolute atomic E-state index is 0.374. The number of hydrogen-bond acceptors (Lipinski definition) is 1. The minimum atomic E-state index is -0.374. The molecule has 3 aromatic carbocycles. The highest BCUT2D eigenvalue weighted by atomic mass is 14.6. The van der Waals surface area contributed by atoms with E-state index in [1.54, 1.807) is 0 Å². The lowest BCUT2D eigenvalue weighted by atomic mass is 9.93. The van der Waals surface area contributed by atoms with Crippen molar-refractivity contribution in [2.24, 2.45) is 5.73 Å². The van der Waals surface area contributed by atoms with Crippen LogP contribution in [0.5, 0.6) is 0 Å². The van der Waals surface area contributed by atoms with Gasteiger partial charge in [-0.1, -0.05) is 54.5 Å². The number of rotatable bonds is 1. The normalized spacial score (nSPS) is 12.4. The maximum absolute atomic E-state index is 6.09. The summed E-state index contributed by atoms with van der Waals surface area (Å²) in [4.78, 5) is 0. The monoisotopic (exact) mass is 231 g/mol. The lowest BCUT2D eigenvalue weighted by Crippen LogP contribution is -2.08. The van der Waals surface area contributed by atoms with Gasteiger partial charge in [0, 0.05) is 0 Å². The van der Waals surface area contributed by atoms with E-state index >= 15 is 0 Å². The van der Waals surface area contributed by atoms with E-state index in [4.69, 9.17) is 12.2 Å². The lowest BCUT2D eigenvalue weighted by Gasteiger charge is -2.13. The Morgan fingerprint density at radius 1 is 0.889 bits per heavy atom. The molecule has 86 valence electrons. The van der Waals surface area contributed by atoms with Crippen molar-refractivity contribution >= 4 is 21.5 Å². The highest BCUT2D eigenvalue weighted by Crippen LogP contribution is 2.31. The fourth-order valence-corrected chi connectivity index (χ4v) is 2.47. The second-order valence-corrected chi connectivity index (χ2v) is 4.38. The molecule has 1 atom stereocenters. The average molecular weight is 231 g/mol. The zero-order valence-electron chi connectivity index (χ0n) is 9.93. The number of hydrogen-bond donors (Lipinski definition) is 1. The van der Waals surface area contributed by atoms with Gasteiger partial charge >= 0.3 is 0 Å². The van der Waals surface area contributed by atoms with Crippen LogP contribution in [-0.4, -0.2) is 0 Å². The Morgan fingerprint density at radius 3 is 1.89 bits per heavy atom. The summed E-state index contributed by atoms with van der Waals surface area (Å²) < 4.78 is 0. The van der Waals surface area contributed by atoms with Gasteiger partial charge in [0.1, 0.15) is 0 Å². The Kier molecular flexibility index (Phi) is 2.51. The largest absolute Gasteiger partial charge is 0.314 e. The fraction of sp³-hybridized carbons (Fsp3) is 0.0588. The molecule has 3 aromatic rings. The molecule has 1 nitrogen and oxygen atoms in total. The molecule has 0 radical (unpaired) electrons. The van der Waals surface area contributed by atoms with Gasteiger partial charge in [0.2, 0.25) is 0 Å². The Hall–Kier alpha value is -2.30. The smallest absolute Gasteiger partial charge is 0.0930 e. The number of benzene rings is 3. The van der Waals surface area contributed by atoms with Crippen molar-refractivity contribution in [1.29, 1.82) is 0 Å². The van der Waals surface area contributed by atoms with E-state index in [-0.39, 0.29) is 6.04 Å². The van der Waals surface area contributed by atoms with Crippen molar-refractivity contribution < 1.29 is 0 Å². The van der Waals surface area contributed by atoms with Crippen LogP contribution in [0.1, 0.15) is 11.6 Å². The van der Waals surface area contributed by atoms with Crippen molar-refractivity contribution in [3.63, 3.8) is 0 Å². The van der Waals surface area contributed by atoms with Crippen molar-refractivity contribution in [1.82, 2.24) is 0 Å². The minimum Gasteiger partial charge on any atom is -0.314 e. The van der Waals surface area contributed by atoms with Crippen molar-refractivity contribution in [2.75, 3.05) is 0 Å². The Bertz CT molecular complexity index is 711. The third-order valence-electron chi connectivity index (χ3n) is 3.30. The molecule has 0 aliphatic heterocycles. The van der Waals surface area contributed by atoms with Crippen LogP contribution < -0.4 is 5.73 Å². The molecule has 0 aromatic heterocycles.